The zero-order valence-electron chi connectivity index (χ0n) is 15.8. The van der Waals surface area contributed by atoms with Crippen molar-refractivity contribution in [3.8, 4) is 5.75 Å². The van der Waals surface area contributed by atoms with Crippen LogP contribution in [0.15, 0.2) is 17.5 Å². The number of carbonyl (C=O) groups excluding carboxylic acids is 3. The number of ether oxygens (including phenoxy) is 2. The van der Waals surface area contributed by atoms with E-state index >= 15 is 0 Å². The molecule has 26 heavy (non-hydrogen) atoms. The molecule has 0 atom stereocenters. The lowest BCUT2D eigenvalue weighted by Gasteiger charge is -2.18. The van der Waals surface area contributed by atoms with Gasteiger partial charge in [0.05, 0.1) is 24.5 Å². The summed E-state index contributed by atoms with van der Waals surface area (Å²) >= 11 is 1.39. The molecular weight excluding hydrogens is 354 g/mol. The van der Waals surface area contributed by atoms with Gasteiger partial charge in [0.2, 0.25) is 0 Å². The maximum absolute atomic E-state index is 12.7. The standard InChI is InChI=1S/C19H23NO5S/c1-19(2,3)18(23)25-12-8-13(17(22)20(4)5)16-11(7-15(21)24-6)10-26-14(16)9-12/h8-10H,7H2,1-6H3. The Morgan fingerprint density at radius 2 is 1.81 bits per heavy atom. The Bertz CT molecular complexity index is 861. The predicted molar refractivity (Wildman–Crippen MR) is 101 cm³/mol. The normalized spacial score (nSPS) is 11.3. The number of hydrogen-bond acceptors (Lipinski definition) is 6. The number of thiophene rings is 1. The highest BCUT2D eigenvalue weighted by atomic mass is 32.1. The fourth-order valence-electron chi connectivity index (χ4n) is 2.29. The highest BCUT2D eigenvalue weighted by Crippen LogP contribution is 2.35. The largest absolute Gasteiger partial charge is 0.469 e. The number of nitrogens with zero attached hydrogens (tertiary/aromatic N) is 1. The Balaban J connectivity index is 2.58. The Labute approximate surface area is 156 Å². The fraction of sp³-hybridized carbons (Fsp3) is 0.421. The molecule has 0 N–H and O–H groups in total. The highest BCUT2D eigenvalue weighted by molar-refractivity contribution is 7.17. The zero-order chi connectivity index (χ0) is 19.6. The van der Waals surface area contributed by atoms with Crippen LogP contribution in [0.5, 0.6) is 5.75 Å². The molecule has 1 heterocycles. The number of hydrogen-bond donors (Lipinski definition) is 0. The lowest BCUT2D eigenvalue weighted by atomic mass is 9.97. The first-order valence-electron chi connectivity index (χ1n) is 8.09. The number of esters is 2. The summed E-state index contributed by atoms with van der Waals surface area (Å²) in [6, 6.07) is 3.28. The van der Waals surface area contributed by atoms with Crippen molar-refractivity contribution in [2.75, 3.05) is 21.2 Å². The van der Waals surface area contributed by atoms with Crippen molar-refractivity contribution in [2.24, 2.45) is 5.41 Å². The molecule has 0 saturated carbocycles. The van der Waals surface area contributed by atoms with Gasteiger partial charge < -0.3 is 14.4 Å². The van der Waals surface area contributed by atoms with Gasteiger partial charge in [-0.1, -0.05) is 0 Å². The fourth-order valence-corrected chi connectivity index (χ4v) is 3.31. The van der Waals surface area contributed by atoms with Gasteiger partial charge in [-0.15, -0.1) is 11.3 Å². The molecule has 0 radical (unpaired) electrons. The van der Waals surface area contributed by atoms with Gasteiger partial charge in [-0.2, -0.15) is 0 Å². The van der Waals surface area contributed by atoms with Gasteiger partial charge in [0, 0.05) is 24.2 Å². The van der Waals surface area contributed by atoms with Crippen molar-refractivity contribution >= 4 is 39.3 Å². The molecule has 1 amide bonds. The molecule has 0 bridgehead atoms. The average molecular weight is 377 g/mol. The van der Waals surface area contributed by atoms with Crippen LogP contribution in [-0.4, -0.2) is 44.0 Å². The second-order valence-corrected chi connectivity index (χ2v) is 8.11. The van der Waals surface area contributed by atoms with Crippen LogP contribution in [0, 0.1) is 5.41 Å². The van der Waals surface area contributed by atoms with E-state index in [2.05, 4.69) is 0 Å². The van der Waals surface area contributed by atoms with Crippen molar-refractivity contribution in [3.05, 3.63) is 28.6 Å². The molecule has 0 spiro atoms. The molecule has 0 aliphatic carbocycles. The van der Waals surface area contributed by atoms with E-state index in [4.69, 9.17) is 9.47 Å². The molecule has 1 aromatic heterocycles. The number of rotatable bonds is 4. The van der Waals surface area contributed by atoms with Crippen molar-refractivity contribution in [1.82, 2.24) is 4.90 Å². The van der Waals surface area contributed by atoms with E-state index in [1.165, 1.54) is 23.3 Å². The Morgan fingerprint density at radius 3 is 2.35 bits per heavy atom. The van der Waals surface area contributed by atoms with Crippen molar-refractivity contribution < 1.29 is 23.9 Å². The Kier molecular flexibility index (Phi) is 5.71. The van der Waals surface area contributed by atoms with E-state index in [1.54, 1.807) is 47.0 Å². The first kappa shape index (κ1) is 19.9. The van der Waals surface area contributed by atoms with E-state index in [-0.39, 0.29) is 24.3 Å². The van der Waals surface area contributed by atoms with Crippen LogP contribution in [0.3, 0.4) is 0 Å². The van der Waals surface area contributed by atoms with E-state index in [0.29, 0.717) is 16.7 Å². The molecule has 1 aromatic carbocycles. The first-order valence-corrected chi connectivity index (χ1v) is 8.97. The van der Waals surface area contributed by atoms with Crippen molar-refractivity contribution in [1.29, 1.82) is 0 Å². The number of methoxy groups -OCH3 is 1. The monoisotopic (exact) mass is 377 g/mol. The maximum Gasteiger partial charge on any atom is 0.316 e. The predicted octanol–water partition coefficient (Wildman–Crippen LogP) is 3.27. The minimum absolute atomic E-state index is 0.0747. The van der Waals surface area contributed by atoms with Gasteiger partial charge in [0.1, 0.15) is 5.75 Å². The number of benzene rings is 1. The van der Waals surface area contributed by atoms with Crippen molar-refractivity contribution in [3.63, 3.8) is 0 Å². The van der Waals surface area contributed by atoms with Gasteiger partial charge in [-0.3, -0.25) is 14.4 Å². The molecule has 0 unspecified atom stereocenters. The van der Waals surface area contributed by atoms with Gasteiger partial charge in [0.15, 0.2) is 0 Å². The van der Waals surface area contributed by atoms with Crippen LogP contribution in [0.4, 0.5) is 0 Å². The Morgan fingerprint density at radius 1 is 1.15 bits per heavy atom. The topological polar surface area (TPSA) is 72.9 Å². The minimum atomic E-state index is -0.661. The molecule has 7 heteroatoms. The molecular formula is C19H23NO5S. The minimum Gasteiger partial charge on any atom is -0.469 e. The summed E-state index contributed by atoms with van der Waals surface area (Å²) in [4.78, 5) is 38.0. The van der Waals surface area contributed by atoms with E-state index in [1.807, 2.05) is 5.38 Å². The SMILES string of the molecule is COC(=O)Cc1csc2cc(OC(=O)C(C)(C)C)cc(C(=O)N(C)C)c12. The third-order valence-electron chi connectivity index (χ3n) is 3.75. The van der Waals surface area contributed by atoms with Crippen LogP contribution >= 0.6 is 11.3 Å². The third-order valence-corrected chi connectivity index (χ3v) is 4.73. The molecule has 6 nitrogen and oxygen atoms in total. The quantitative estimate of drug-likeness (QED) is 0.604. The van der Waals surface area contributed by atoms with Crippen LogP contribution in [0.25, 0.3) is 10.1 Å². The van der Waals surface area contributed by atoms with Crippen LogP contribution in [-0.2, 0) is 20.7 Å². The molecule has 0 aliphatic heterocycles. The van der Waals surface area contributed by atoms with Crippen LogP contribution in [0.2, 0.25) is 0 Å². The van der Waals surface area contributed by atoms with Crippen LogP contribution < -0.4 is 4.74 Å². The van der Waals surface area contributed by atoms with E-state index in [9.17, 15) is 14.4 Å². The highest BCUT2D eigenvalue weighted by Gasteiger charge is 2.25. The molecule has 0 fully saturated rings. The Hall–Kier alpha value is -2.41. The summed E-state index contributed by atoms with van der Waals surface area (Å²) in [7, 11) is 4.62. The smallest absolute Gasteiger partial charge is 0.316 e. The summed E-state index contributed by atoms with van der Waals surface area (Å²) < 4.78 is 11.0. The molecule has 2 rings (SSSR count). The zero-order valence-corrected chi connectivity index (χ0v) is 16.7. The molecule has 2 aromatic rings. The maximum atomic E-state index is 12.7. The van der Waals surface area contributed by atoms with Gasteiger partial charge in [0.25, 0.3) is 5.91 Å². The van der Waals surface area contributed by atoms with Crippen LogP contribution in [0.1, 0.15) is 36.7 Å². The molecule has 0 saturated heterocycles. The summed E-state index contributed by atoms with van der Waals surface area (Å²) in [5.41, 5.74) is 0.451. The molecule has 140 valence electrons. The lowest BCUT2D eigenvalue weighted by molar-refractivity contribution is -0.143. The third kappa shape index (κ3) is 4.22. The van der Waals surface area contributed by atoms with Gasteiger partial charge in [-0.05, 0) is 43.8 Å². The van der Waals surface area contributed by atoms with Gasteiger partial charge in [-0.25, -0.2) is 0 Å². The number of fused-ring (bicyclic) bond motifs is 1. The summed E-state index contributed by atoms with van der Waals surface area (Å²) in [6.07, 6.45) is 0.0747. The van der Waals surface area contributed by atoms with Crippen molar-refractivity contribution in [2.45, 2.75) is 27.2 Å². The number of carbonyl (C=O) groups is 3. The summed E-state index contributed by atoms with van der Waals surface area (Å²) in [5, 5.41) is 2.51. The second kappa shape index (κ2) is 7.45. The summed E-state index contributed by atoms with van der Waals surface area (Å²) in [5.74, 6) is -0.676. The molecule has 0 aliphatic rings. The van der Waals surface area contributed by atoms with Gasteiger partial charge >= 0.3 is 11.9 Å². The van der Waals surface area contributed by atoms with E-state index < -0.39 is 5.41 Å². The summed E-state index contributed by atoms with van der Waals surface area (Å²) in [6.45, 7) is 5.29. The average Bonchev–Trinajstić information content (AvgIpc) is 2.95. The first-order chi connectivity index (χ1) is 12.0. The lowest BCUT2D eigenvalue weighted by Crippen LogP contribution is -2.26. The second-order valence-electron chi connectivity index (χ2n) is 7.20. The van der Waals surface area contributed by atoms with E-state index in [0.717, 1.165) is 10.3 Å². The number of amides is 1.